The third-order valence-electron chi connectivity index (χ3n) is 2.74. The number of ether oxygens (including phenoxy) is 2. The molecule has 3 nitrogen and oxygen atoms in total. The largest absolute Gasteiger partial charge is 0.489 e. The molecule has 2 aromatic rings. The fourth-order valence-corrected chi connectivity index (χ4v) is 1.76. The highest BCUT2D eigenvalue weighted by Gasteiger charge is 2.17. The van der Waals surface area contributed by atoms with Crippen LogP contribution in [-0.4, -0.2) is 11.6 Å². The minimum absolute atomic E-state index is 0.307. The van der Waals surface area contributed by atoms with Crippen LogP contribution in [0.2, 0.25) is 0 Å². The number of benzene rings is 2. The Balaban J connectivity index is 1.94. The summed E-state index contributed by atoms with van der Waals surface area (Å²) in [5, 5.41) is 0. The minimum atomic E-state index is -0.480. The molecule has 0 aliphatic rings. The van der Waals surface area contributed by atoms with E-state index < -0.39 is 5.60 Å². The quantitative estimate of drug-likeness (QED) is 0.788. The van der Waals surface area contributed by atoms with Crippen LogP contribution in [0.15, 0.2) is 54.6 Å². The number of esters is 1. The van der Waals surface area contributed by atoms with Crippen molar-refractivity contribution in [3.05, 3.63) is 65.7 Å². The van der Waals surface area contributed by atoms with E-state index in [1.54, 1.807) is 12.1 Å². The van der Waals surface area contributed by atoms with E-state index >= 15 is 0 Å². The first kappa shape index (κ1) is 15.1. The molecular weight excluding hydrogens is 264 g/mol. The molecule has 0 N–H and O–H groups in total. The summed E-state index contributed by atoms with van der Waals surface area (Å²) in [6.45, 7) is 6.03. The first-order valence-corrected chi connectivity index (χ1v) is 6.94. The van der Waals surface area contributed by atoms with Gasteiger partial charge in [0, 0.05) is 0 Å². The molecular formula is C18H20O3. The molecule has 0 saturated carbocycles. The highest BCUT2D eigenvalue weighted by Crippen LogP contribution is 2.15. The zero-order chi connectivity index (χ0) is 15.3. The lowest BCUT2D eigenvalue weighted by atomic mass is 10.1. The first-order chi connectivity index (χ1) is 9.94. The van der Waals surface area contributed by atoms with Gasteiger partial charge in [-0.1, -0.05) is 30.3 Å². The SMILES string of the molecule is CC(C)(C)OC(=O)c1ccc(COc2ccccc2)cc1. The lowest BCUT2D eigenvalue weighted by Crippen LogP contribution is -2.23. The lowest BCUT2D eigenvalue weighted by molar-refractivity contribution is 0.00695. The number of para-hydroxylation sites is 1. The molecule has 0 heterocycles. The summed E-state index contributed by atoms with van der Waals surface area (Å²) in [5.74, 6) is 0.520. The van der Waals surface area contributed by atoms with Gasteiger partial charge in [0.25, 0.3) is 0 Å². The zero-order valence-electron chi connectivity index (χ0n) is 12.6. The Morgan fingerprint density at radius 1 is 0.952 bits per heavy atom. The molecule has 0 unspecified atom stereocenters. The van der Waals surface area contributed by atoms with Crippen molar-refractivity contribution in [2.75, 3.05) is 0 Å². The molecule has 2 rings (SSSR count). The Labute approximate surface area is 125 Å². The maximum Gasteiger partial charge on any atom is 0.338 e. The van der Waals surface area contributed by atoms with E-state index in [4.69, 9.17) is 9.47 Å². The van der Waals surface area contributed by atoms with Gasteiger partial charge in [0.05, 0.1) is 5.56 Å². The average molecular weight is 284 g/mol. The first-order valence-electron chi connectivity index (χ1n) is 6.94. The normalized spacial score (nSPS) is 11.0. The van der Waals surface area contributed by atoms with E-state index in [0.717, 1.165) is 11.3 Å². The summed E-state index contributed by atoms with van der Waals surface area (Å²) >= 11 is 0. The maximum absolute atomic E-state index is 11.9. The second kappa shape index (κ2) is 6.44. The highest BCUT2D eigenvalue weighted by molar-refractivity contribution is 5.89. The molecule has 0 radical (unpaired) electrons. The van der Waals surface area contributed by atoms with Gasteiger partial charge in [-0.3, -0.25) is 0 Å². The third-order valence-corrected chi connectivity index (χ3v) is 2.74. The Hall–Kier alpha value is -2.29. The van der Waals surface area contributed by atoms with Crippen molar-refractivity contribution in [3.63, 3.8) is 0 Å². The van der Waals surface area contributed by atoms with Crippen LogP contribution in [0, 0.1) is 0 Å². The van der Waals surface area contributed by atoms with E-state index in [0.29, 0.717) is 12.2 Å². The van der Waals surface area contributed by atoms with E-state index in [-0.39, 0.29) is 5.97 Å². The van der Waals surface area contributed by atoms with Crippen molar-refractivity contribution in [2.45, 2.75) is 33.0 Å². The lowest BCUT2D eigenvalue weighted by Gasteiger charge is -2.19. The van der Waals surface area contributed by atoms with Crippen molar-refractivity contribution >= 4 is 5.97 Å². The van der Waals surface area contributed by atoms with Crippen molar-refractivity contribution in [2.24, 2.45) is 0 Å². The topological polar surface area (TPSA) is 35.5 Å². The Bertz CT molecular complexity index is 580. The van der Waals surface area contributed by atoms with Gasteiger partial charge in [0.15, 0.2) is 0 Å². The monoisotopic (exact) mass is 284 g/mol. The Morgan fingerprint density at radius 2 is 1.57 bits per heavy atom. The number of hydrogen-bond donors (Lipinski definition) is 0. The van der Waals surface area contributed by atoms with Gasteiger partial charge in [-0.15, -0.1) is 0 Å². The molecule has 3 heteroatoms. The van der Waals surface area contributed by atoms with E-state index in [1.807, 2.05) is 63.2 Å². The molecule has 21 heavy (non-hydrogen) atoms. The van der Waals surface area contributed by atoms with Crippen molar-refractivity contribution in [1.29, 1.82) is 0 Å². The van der Waals surface area contributed by atoms with E-state index in [2.05, 4.69) is 0 Å². The van der Waals surface area contributed by atoms with Gasteiger partial charge in [-0.25, -0.2) is 4.79 Å². The smallest absolute Gasteiger partial charge is 0.338 e. The summed E-state index contributed by atoms with van der Waals surface area (Å²) in [6, 6.07) is 16.9. The van der Waals surface area contributed by atoms with Crippen molar-refractivity contribution < 1.29 is 14.3 Å². The summed E-state index contributed by atoms with van der Waals surface area (Å²) in [4.78, 5) is 11.9. The van der Waals surface area contributed by atoms with Crippen LogP contribution >= 0.6 is 0 Å². The Kier molecular flexibility index (Phi) is 4.63. The molecule has 2 aromatic carbocycles. The molecule has 0 atom stereocenters. The number of carbonyl (C=O) groups excluding carboxylic acids is 1. The predicted molar refractivity (Wildman–Crippen MR) is 82.4 cm³/mol. The van der Waals surface area contributed by atoms with Crippen LogP contribution in [-0.2, 0) is 11.3 Å². The standard InChI is InChI=1S/C18H20O3/c1-18(2,3)21-17(19)15-11-9-14(10-12-15)13-20-16-7-5-4-6-8-16/h4-12H,13H2,1-3H3. The van der Waals surface area contributed by atoms with Crippen molar-refractivity contribution in [3.8, 4) is 5.75 Å². The summed E-state index contributed by atoms with van der Waals surface area (Å²) in [5.41, 5.74) is 1.08. The summed E-state index contributed by atoms with van der Waals surface area (Å²) in [7, 11) is 0. The van der Waals surface area contributed by atoms with E-state index in [9.17, 15) is 4.79 Å². The minimum Gasteiger partial charge on any atom is -0.489 e. The van der Waals surface area contributed by atoms with Gasteiger partial charge in [-0.05, 0) is 50.6 Å². The molecule has 110 valence electrons. The molecule has 0 aliphatic carbocycles. The van der Waals surface area contributed by atoms with Gasteiger partial charge < -0.3 is 9.47 Å². The van der Waals surface area contributed by atoms with Crippen LogP contribution in [0.5, 0.6) is 5.75 Å². The molecule has 0 fully saturated rings. The van der Waals surface area contributed by atoms with Crippen LogP contribution in [0.4, 0.5) is 0 Å². The van der Waals surface area contributed by atoms with Crippen molar-refractivity contribution in [1.82, 2.24) is 0 Å². The zero-order valence-corrected chi connectivity index (χ0v) is 12.6. The molecule has 0 amide bonds. The molecule has 0 aliphatic heterocycles. The number of carbonyl (C=O) groups is 1. The number of hydrogen-bond acceptors (Lipinski definition) is 3. The molecule has 0 saturated heterocycles. The van der Waals surface area contributed by atoms with Crippen LogP contribution in [0.3, 0.4) is 0 Å². The maximum atomic E-state index is 11.9. The van der Waals surface area contributed by atoms with E-state index in [1.165, 1.54) is 0 Å². The molecule has 0 bridgehead atoms. The highest BCUT2D eigenvalue weighted by atomic mass is 16.6. The van der Waals surface area contributed by atoms with Gasteiger partial charge in [0.1, 0.15) is 18.0 Å². The van der Waals surface area contributed by atoms with Gasteiger partial charge in [0.2, 0.25) is 0 Å². The fourth-order valence-electron chi connectivity index (χ4n) is 1.76. The number of rotatable bonds is 4. The second-order valence-corrected chi connectivity index (χ2v) is 5.80. The third kappa shape index (κ3) is 4.95. The fraction of sp³-hybridized carbons (Fsp3) is 0.278. The van der Waals surface area contributed by atoms with Gasteiger partial charge >= 0.3 is 5.97 Å². The van der Waals surface area contributed by atoms with Gasteiger partial charge in [-0.2, -0.15) is 0 Å². The van der Waals surface area contributed by atoms with Crippen LogP contribution in [0.25, 0.3) is 0 Å². The Morgan fingerprint density at radius 3 is 2.14 bits per heavy atom. The predicted octanol–water partition coefficient (Wildman–Crippen LogP) is 4.22. The summed E-state index contributed by atoms with van der Waals surface area (Å²) in [6.07, 6.45) is 0. The average Bonchev–Trinajstić information content (AvgIpc) is 2.45. The molecule has 0 spiro atoms. The van der Waals surface area contributed by atoms with Crippen LogP contribution in [0.1, 0.15) is 36.7 Å². The summed E-state index contributed by atoms with van der Waals surface area (Å²) < 4.78 is 11.0. The van der Waals surface area contributed by atoms with Crippen LogP contribution < -0.4 is 4.74 Å². The second-order valence-electron chi connectivity index (χ2n) is 5.80. The molecule has 0 aromatic heterocycles.